The summed E-state index contributed by atoms with van der Waals surface area (Å²) in [4.78, 5) is 2.36. The third kappa shape index (κ3) is 4.88. The van der Waals surface area contributed by atoms with Gasteiger partial charge < -0.3 is 0 Å². The minimum Gasteiger partial charge on any atom is -0.297 e. The third-order valence-electron chi connectivity index (χ3n) is 3.45. The van der Waals surface area contributed by atoms with Gasteiger partial charge in [-0.3, -0.25) is 9.58 Å². The Balaban J connectivity index is 1.84. The minimum atomic E-state index is -3.45. The van der Waals surface area contributed by atoms with Crippen LogP contribution < -0.4 is 5.14 Å². The van der Waals surface area contributed by atoms with Crippen LogP contribution in [0.5, 0.6) is 0 Å². The van der Waals surface area contributed by atoms with Gasteiger partial charge in [0.15, 0.2) is 0 Å². The first-order valence-corrected chi connectivity index (χ1v) is 8.26. The lowest BCUT2D eigenvalue weighted by Gasteiger charge is -2.29. The Morgan fingerprint density at radius 1 is 1.42 bits per heavy atom. The van der Waals surface area contributed by atoms with Crippen molar-refractivity contribution in [2.24, 2.45) is 11.1 Å². The second-order valence-electron chi connectivity index (χ2n) is 5.30. The normalized spacial score (nSPS) is 18.8. The molecule has 0 aromatic carbocycles. The fraction of sp³-hybridized carbons (Fsp3) is 0.818. The molecule has 1 aliphatic heterocycles. The number of aryl methyl sites for hydroxylation is 1. The van der Waals surface area contributed by atoms with Crippen LogP contribution in [0.3, 0.4) is 0 Å². The molecule has 0 atom stereocenters. The molecule has 19 heavy (non-hydrogen) atoms. The van der Waals surface area contributed by atoms with Crippen molar-refractivity contribution in [1.29, 1.82) is 0 Å². The van der Waals surface area contributed by atoms with Crippen molar-refractivity contribution in [2.45, 2.75) is 32.9 Å². The predicted octanol–water partition coefficient (Wildman–Crippen LogP) is -0.201. The number of likely N-dealkylation sites (tertiary alicyclic amines) is 1. The number of hydrogen-bond donors (Lipinski definition) is 1. The average Bonchev–Trinajstić information content (AvgIpc) is 2.77. The van der Waals surface area contributed by atoms with Crippen LogP contribution in [0.15, 0.2) is 6.20 Å². The Morgan fingerprint density at radius 2 is 2.11 bits per heavy atom. The molecule has 0 aliphatic carbocycles. The molecular formula is C11H21N5O2S. The Morgan fingerprint density at radius 3 is 2.74 bits per heavy atom. The average molecular weight is 287 g/mol. The first-order valence-electron chi connectivity index (χ1n) is 6.54. The van der Waals surface area contributed by atoms with Gasteiger partial charge in [0.1, 0.15) is 0 Å². The number of piperidine rings is 1. The molecule has 1 saturated heterocycles. The van der Waals surface area contributed by atoms with Gasteiger partial charge in [0.05, 0.1) is 18.0 Å². The van der Waals surface area contributed by atoms with Gasteiger partial charge in [0.25, 0.3) is 0 Å². The second kappa shape index (κ2) is 5.98. The molecule has 2 N–H and O–H groups in total. The summed E-state index contributed by atoms with van der Waals surface area (Å²) in [6.07, 6.45) is 4.24. The molecule has 1 fully saturated rings. The van der Waals surface area contributed by atoms with E-state index < -0.39 is 10.0 Å². The molecule has 0 unspecified atom stereocenters. The number of nitrogens with two attached hydrogens (primary N) is 1. The quantitative estimate of drug-likeness (QED) is 0.809. The number of rotatable bonds is 5. The van der Waals surface area contributed by atoms with Crippen LogP contribution in [-0.2, 0) is 23.1 Å². The zero-order valence-electron chi connectivity index (χ0n) is 11.2. The van der Waals surface area contributed by atoms with Crippen LogP contribution in [0.4, 0.5) is 0 Å². The van der Waals surface area contributed by atoms with Crippen LogP contribution in [0, 0.1) is 5.92 Å². The highest BCUT2D eigenvalue weighted by Gasteiger charge is 2.16. The molecule has 7 nitrogen and oxygen atoms in total. The SMILES string of the molecule is CC1CCN(Cc2cn(CCS(N)(=O)=O)nn2)CC1. The predicted molar refractivity (Wildman–Crippen MR) is 71.7 cm³/mol. The van der Waals surface area contributed by atoms with Gasteiger partial charge in [0, 0.05) is 12.7 Å². The summed E-state index contributed by atoms with van der Waals surface area (Å²) in [7, 11) is -3.45. The van der Waals surface area contributed by atoms with Crippen molar-refractivity contribution < 1.29 is 8.42 Å². The number of nitrogens with zero attached hydrogens (tertiary/aromatic N) is 4. The van der Waals surface area contributed by atoms with E-state index in [1.54, 1.807) is 6.20 Å². The van der Waals surface area contributed by atoms with Crippen molar-refractivity contribution in [1.82, 2.24) is 19.9 Å². The summed E-state index contributed by atoms with van der Waals surface area (Å²) in [5, 5.41) is 12.9. The number of hydrogen-bond acceptors (Lipinski definition) is 5. The van der Waals surface area contributed by atoms with Crippen molar-refractivity contribution in [3.8, 4) is 0 Å². The van der Waals surface area contributed by atoms with E-state index in [9.17, 15) is 8.42 Å². The van der Waals surface area contributed by atoms with Gasteiger partial charge in [-0.25, -0.2) is 13.6 Å². The number of sulfonamides is 1. The van der Waals surface area contributed by atoms with E-state index in [-0.39, 0.29) is 12.3 Å². The van der Waals surface area contributed by atoms with E-state index in [1.807, 2.05) is 0 Å². The van der Waals surface area contributed by atoms with E-state index in [0.29, 0.717) is 0 Å². The topological polar surface area (TPSA) is 94.1 Å². The Hall–Kier alpha value is -0.990. The smallest absolute Gasteiger partial charge is 0.210 e. The number of aromatic nitrogens is 3. The molecular weight excluding hydrogens is 266 g/mol. The molecule has 0 amide bonds. The lowest BCUT2D eigenvalue weighted by atomic mass is 9.99. The molecule has 0 saturated carbocycles. The largest absolute Gasteiger partial charge is 0.297 e. The summed E-state index contributed by atoms with van der Waals surface area (Å²) in [6.45, 7) is 5.49. The first kappa shape index (κ1) is 14.4. The van der Waals surface area contributed by atoms with Gasteiger partial charge in [-0.2, -0.15) is 0 Å². The lowest BCUT2D eigenvalue weighted by molar-refractivity contribution is 0.183. The maximum absolute atomic E-state index is 10.9. The summed E-state index contributed by atoms with van der Waals surface area (Å²) in [5.41, 5.74) is 0.879. The molecule has 8 heteroatoms. The van der Waals surface area contributed by atoms with Crippen LogP contribution in [-0.4, -0.2) is 47.2 Å². The summed E-state index contributed by atoms with van der Waals surface area (Å²) in [6, 6.07) is 0. The fourth-order valence-corrected chi connectivity index (χ4v) is 2.63. The maximum Gasteiger partial charge on any atom is 0.210 e. The van der Waals surface area contributed by atoms with Crippen LogP contribution in [0.25, 0.3) is 0 Å². The second-order valence-corrected chi connectivity index (χ2v) is 7.03. The monoisotopic (exact) mass is 287 g/mol. The zero-order valence-corrected chi connectivity index (χ0v) is 12.0. The van der Waals surface area contributed by atoms with Crippen molar-refractivity contribution in [3.63, 3.8) is 0 Å². The molecule has 0 spiro atoms. The molecule has 1 aromatic rings. The van der Waals surface area contributed by atoms with Gasteiger partial charge in [-0.1, -0.05) is 12.1 Å². The first-order chi connectivity index (χ1) is 8.92. The van der Waals surface area contributed by atoms with Crippen LogP contribution in [0.2, 0.25) is 0 Å². The molecule has 0 bridgehead atoms. The standard InChI is InChI=1S/C11H21N5O2S/c1-10-2-4-15(5-3-10)8-11-9-16(14-13-11)6-7-19(12,17)18/h9-10H,2-8H2,1H3,(H2,12,17,18). The third-order valence-corrected chi connectivity index (χ3v) is 4.20. The maximum atomic E-state index is 10.9. The molecule has 2 rings (SSSR count). The fourth-order valence-electron chi connectivity index (χ4n) is 2.19. The van der Waals surface area contributed by atoms with E-state index in [0.717, 1.165) is 31.2 Å². The van der Waals surface area contributed by atoms with E-state index >= 15 is 0 Å². The molecule has 1 aliphatic rings. The van der Waals surface area contributed by atoms with Crippen LogP contribution in [0.1, 0.15) is 25.5 Å². The molecule has 0 radical (unpaired) electrons. The van der Waals surface area contributed by atoms with E-state index in [2.05, 4.69) is 22.1 Å². The summed E-state index contributed by atoms with van der Waals surface area (Å²) in [5.74, 6) is 0.693. The van der Waals surface area contributed by atoms with Gasteiger partial charge >= 0.3 is 0 Å². The highest BCUT2D eigenvalue weighted by molar-refractivity contribution is 7.89. The van der Waals surface area contributed by atoms with Gasteiger partial charge in [0.2, 0.25) is 10.0 Å². The molecule has 1 aromatic heterocycles. The summed E-state index contributed by atoms with van der Waals surface area (Å²) >= 11 is 0. The minimum absolute atomic E-state index is 0.114. The van der Waals surface area contributed by atoms with E-state index in [4.69, 9.17) is 5.14 Å². The lowest BCUT2D eigenvalue weighted by Crippen LogP contribution is -2.32. The molecule has 108 valence electrons. The molecule has 2 heterocycles. The van der Waals surface area contributed by atoms with Crippen LogP contribution >= 0.6 is 0 Å². The van der Waals surface area contributed by atoms with Gasteiger partial charge in [-0.05, 0) is 31.8 Å². The van der Waals surface area contributed by atoms with Crippen molar-refractivity contribution in [3.05, 3.63) is 11.9 Å². The highest BCUT2D eigenvalue weighted by atomic mass is 32.2. The Kier molecular flexibility index (Phi) is 4.54. The van der Waals surface area contributed by atoms with Gasteiger partial charge in [-0.15, -0.1) is 5.10 Å². The van der Waals surface area contributed by atoms with Crippen molar-refractivity contribution >= 4 is 10.0 Å². The number of primary sulfonamides is 1. The highest BCUT2D eigenvalue weighted by Crippen LogP contribution is 2.17. The summed E-state index contributed by atoms with van der Waals surface area (Å²) < 4.78 is 23.3. The zero-order chi connectivity index (χ0) is 13.9. The van der Waals surface area contributed by atoms with E-state index in [1.165, 1.54) is 17.5 Å². The Labute approximate surface area is 113 Å². The van der Waals surface area contributed by atoms with Crippen molar-refractivity contribution in [2.75, 3.05) is 18.8 Å². The Bertz CT molecular complexity index is 505.